The fourth-order valence-electron chi connectivity index (χ4n) is 1.62. The molecule has 0 spiro atoms. The highest BCUT2D eigenvalue weighted by atomic mass is 35.5. The first-order chi connectivity index (χ1) is 8.65. The van der Waals surface area contributed by atoms with E-state index in [9.17, 15) is 5.11 Å². The molecular weight excluding hydrogens is 256 g/mol. The molecule has 0 aliphatic rings. The van der Waals surface area contributed by atoms with Gasteiger partial charge in [-0.2, -0.15) is 4.98 Å². The maximum absolute atomic E-state index is 9.76. The first-order valence-electron chi connectivity index (χ1n) is 5.51. The molecule has 0 saturated carbocycles. The van der Waals surface area contributed by atoms with Crippen LogP contribution in [0.4, 0.5) is 0 Å². The van der Waals surface area contributed by atoms with Crippen LogP contribution >= 0.6 is 11.6 Å². The number of hydrogen-bond donors (Lipinski definition) is 1. The molecule has 0 aliphatic carbocycles. The first kappa shape index (κ1) is 12.9. The fraction of sp³-hybridized carbons (Fsp3) is 0.333. The van der Waals surface area contributed by atoms with Crippen LogP contribution in [-0.4, -0.2) is 22.4 Å². The van der Waals surface area contributed by atoms with Crippen molar-refractivity contribution in [2.24, 2.45) is 0 Å². The van der Waals surface area contributed by atoms with Gasteiger partial charge in [0.15, 0.2) is 0 Å². The van der Waals surface area contributed by atoms with Gasteiger partial charge >= 0.3 is 0 Å². The maximum atomic E-state index is 9.76. The predicted octanol–water partition coefficient (Wildman–Crippen LogP) is 3.19. The van der Waals surface area contributed by atoms with Gasteiger partial charge in [0.2, 0.25) is 5.82 Å². The molecule has 0 amide bonds. The third-order valence-corrected chi connectivity index (χ3v) is 2.81. The monoisotopic (exact) mass is 268 g/mol. The molecule has 1 aromatic carbocycles. The van der Waals surface area contributed by atoms with Gasteiger partial charge < -0.3 is 14.4 Å². The summed E-state index contributed by atoms with van der Waals surface area (Å²) in [5.41, 5.74) is 0.448. The highest BCUT2D eigenvalue weighted by Crippen LogP contribution is 2.31. The molecule has 2 rings (SSSR count). The average molecular weight is 269 g/mol. The van der Waals surface area contributed by atoms with Crippen LogP contribution in [0.3, 0.4) is 0 Å². The Balaban J connectivity index is 2.34. The zero-order valence-corrected chi connectivity index (χ0v) is 10.8. The SMILES string of the molecule is CCC(OC)c1noc(-c2ccc(Cl)cc2O)n1. The number of rotatable bonds is 4. The summed E-state index contributed by atoms with van der Waals surface area (Å²) in [5, 5.41) is 14.1. The van der Waals surface area contributed by atoms with E-state index < -0.39 is 0 Å². The molecule has 0 aliphatic heterocycles. The number of benzene rings is 1. The quantitative estimate of drug-likeness (QED) is 0.922. The molecule has 1 unspecified atom stereocenters. The minimum absolute atomic E-state index is 0.00293. The summed E-state index contributed by atoms with van der Waals surface area (Å²) in [4.78, 5) is 4.21. The molecule has 18 heavy (non-hydrogen) atoms. The third-order valence-electron chi connectivity index (χ3n) is 2.58. The van der Waals surface area contributed by atoms with Crippen molar-refractivity contribution in [2.75, 3.05) is 7.11 Å². The predicted molar refractivity (Wildman–Crippen MR) is 66.4 cm³/mol. The normalized spacial score (nSPS) is 12.6. The second-order valence-corrected chi connectivity index (χ2v) is 4.19. The Labute approximate surface area is 109 Å². The van der Waals surface area contributed by atoms with Crippen molar-refractivity contribution >= 4 is 11.6 Å². The summed E-state index contributed by atoms with van der Waals surface area (Å²) >= 11 is 5.76. The third kappa shape index (κ3) is 2.47. The van der Waals surface area contributed by atoms with E-state index in [-0.39, 0.29) is 17.7 Å². The molecule has 96 valence electrons. The van der Waals surface area contributed by atoms with Gasteiger partial charge in [-0.25, -0.2) is 0 Å². The second kappa shape index (κ2) is 5.37. The fourth-order valence-corrected chi connectivity index (χ4v) is 1.78. The zero-order chi connectivity index (χ0) is 13.1. The standard InChI is InChI=1S/C12H13ClN2O3/c1-3-10(17-2)11-14-12(18-15-11)8-5-4-7(13)6-9(8)16/h4-6,10,16H,3H2,1-2H3. The van der Waals surface area contributed by atoms with Crippen LogP contribution in [0.5, 0.6) is 5.75 Å². The molecule has 0 saturated heterocycles. The van der Waals surface area contributed by atoms with Crippen LogP contribution in [0, 0.1) is 0 Å². The number of ether oxygens (including phenoxy) is 1. The minimum Gasteiger partial charge on any atom is -0.507 e. The number of methoxy groups -OCH3 is 1. The van der Waals surface area contributed by atoms with E-state index in [4.69, 9.17) is 20.9 Å². The molecule has 0 radical (unpaired) electrons. The van der Waals surface area contributed by atoms with E-state index in [0.29, 0.717) is 16.4 Å². The Bertz CT molecular complexity index is 538. The van der Waals surface area contributed by atoms with Crippen molar-refractivity contribution < 1.29 is 14.4 Å². The lowest BCUT2D eigenvalue weighted by molar-refractivity contribution is 0.0903. The Hall–Kier alpha value is -1.59. The van der Waals surface area contributed by atoms with E-state index in [1.54, 1.807) is 19.2 Å². The van der Waals surface area contributed by atoms with Crippen LogP contribution in [0.25, 0.3) is 11.5 Å². The van der Waals surface area contributed by atoms with E-state index in [1.165, 1.54) is 6.07 Å². The van der Waals surface area contributed by atoms with Crippen LogP contribution in [-0.2, 0) is 4.74 Å². The highest BCUT2D eigenvalue weighted by molar-refractivity contribution is 6.30. The number of aromatic nitrogens is 2. The number of halogens is 1. The lowest BCUT2D eigenvalue weighted by Gasteiger charge is -2.06. The Morgan fingerprint density at radius 1 is 1.50 bits per heavy atom. The molecule has 1 atom stereocenters. The van der Waals surface area contributed by atoms with Gasteiger partial charge in [-0.05, 0) is 24.6 Å². The van der Waals surface area contributed by atoms with Crippen molar-refractivity contribution in [2.45, 2.75) is 19.4 Å². The second-order valence-electron chi connectivity index (χ2n) is 3.75. The summed E-state index contributed by atoms with van der Waals surface area (Å²) < 4.78 is 10.3. The van der Waals surface area contributed by atoms with Crippen molar-refractivity contribution in [1.29, 1.82) is 0 Å². The highest BCUT2D eigenvalue weighted by Gasteiger charge is 2.18. The number of nitrogens with zero attached hydrogens (tertiary/aromatic N) is 2. The van der Waals surface area contributed by atoms with Gasteiger partial charge in [-0.1, -0.05) is 23.7 Å². The van der Waals surface area contributed by atoms with Crippen molar-refractivity contribution in [3.8, 4) is 17.2 Å². The maximum Gasteiger partial charge on any atom is 0.261 e. The number of phenols is 1. The van der Waals surface area contributed by atoms with E-state index in [2.05, 4.69) is 10.1 Å². The molecule has 1 aromatic heterocycles. The van der Waals surface area contributed by atoms with Gasteiger partial charge in [0.25, 0.3) is 5.89 Å². The van der Waals surface area contributed by atoms with Crippen molar-refractivity contribution in [3.63, 3.8) is 0 Å². The Morgan fingerprint density at radius 3 is 2.89 bits per heavy atom. The number of aromatic hydroxyl groups is 1. The summed E-state index contributed by atoms with van der Waals surface area (Å²) in [5.74, 6) is 0.710. The molecular formula is C12H13ClN2O3. The van der Waals surface area contributed by atoms with E-state index in [1.807, 2.05) is 6.92 Å². The van der Waals surface area contributed by atoms with Crippen molar-refractivity contribution in [1.82, 2.24) is 10.1 Å². The van der Waals surface area contributed by atoms with Crippen molar-refractivity contribution in [3.05, 3.63) is 29.0 Å². The summed E-state index contributed by atoms with van der Waals surface area (Å²) in [6.45, 7) is 1.96. The Morgan fingerprint density at radius 2 is 2.28 bits per heavy atom. The van der Waals surface area contributed by atoms with Gasteiger partial charge in [0, 0.05) is 12.1 Å². The van der Waals surface area contributed by atoms with Gasteiger partial charge in [0.1, 0.15) is 11.9 Å². The molecule has 0 bridgehead atoms. The Kier molecular flexibility index (Phi) is 3.84. The van der Waals surface area contributed by atoms with Gasteiger partial charge in [0.05, 0.1) is 5.56 Å². The molecule has 6 heteroatoms. The number of phenolic OH excluding ortho intramolecular Hbond substituents is 1. The topological polar surface area (TPSA) is 68.4 Å². The molecule has 2 aromatic rings. The van der Waals surface area contributed by atoms with Crippen LogP contribution in [0.2, 0.25) is 5.02 Å². The number of hydrogen-bond acceptors (Lipinski definition) is 5. The van der Waals surface area contributed by atoms with E-state index >= 15 is 0 Å². The lowest BCUT2D eigenvalue weighted by atomic mass is 10.2. The average Bonchev–Trinajstić information content (AvgIpc) is 2.80. The zero-order valence-electron chi connectivity index (χ0n) is 10.1. The van der Waals surface area contributed by atoms with Gasteiger partial charge in [-0.3, -0.25) is 0 Å². The summed E-state index contributed by atoms with van der Waals surface area (Å²) in [7, 11) is 1.59. The van der Waals surface area contributed by atoms with Gasteiger partial charge in [-0.15, -0.1) is 0 Å². The smallest absolute Gasteiger partial charge is 0.261 e. The van der Waals surface area contributed by atoms with Crippen LogP contribution in [0.1, 0.15) is 25.3 Å². The van der Waals surface area contributed by atoms with E-state index in [0.717, 1.165) is 6.42 Å². The molecule has 1 N–H and O–H groups in total. The molecule has 0 fully saturated rings. The summed E-state index contributed by atoms with van der Waals surface area (Å²) in [6, 6.07) is 4.70. The molecule has 1 heterocycles. The first-order valence-corrected chi connectivity index (χ1v) is 5.88. The lowest BCUT2D eigenvalue weighted by Crippen LogP contribution is -2.01. The largest absolute Gasteiger partial charge is 0.507 e. The molecule has 5 nitrogen and oxygen atoms in total. The summed E-state index contributed by atoms with van der Waals surface area (Å²) in [6.07, 6.45) is 0.527. The van der Waals surface area contributed by atoms with Crippen LogP contribution < -0.4 is 0 Å². The van der Waals surface area contributed by atoms with Crippen LogP contribution in [0.15, 0.2) is 22.7 Å². The minimum atomic E-state index is -0.211.